The minimum absolute atomic E-state index is 0.0144. The Bertz CT molecular complexity index is 364. The van der Waals surface area contributed by atoms with Crippen LogP contribution in [0.3, 0.4) is 0 Å². The number of carbonyl (C=O) groups excluding carboxylic acids is 1. The van der Waals surface area contributed by atoms with Gasteiger partial charge in [0, 0.05) is 23.1 Å². The monoisotopic (exact) mass is 289 g/mol. The van der Waals surface area contributed by atoms with E-state index in [9.17, 15) is 13.8 Å². The van der Waals surface area contributed by atoms with Gasteiger partial charge in [0.1, 0.15) is 5.75 Å². The summed E-state index contributed by atoms with van der Waals surface area (Å²) in [5, 5.41) is 11.5. The normalized spacial score (nSPS) is 18.1. The molecule has 6 heteroatoms. The Hall–Kier alpha value is -0.910. The molecule has 0 aromatic rings. The molecule has 1 atom stereocenters. The third-order valence-electron chi connectivity index (χ3n) is 3.29. The first-order chi connectivity index (χ1) is 8.83. The standard InChI is InChI=1S/C13H23NO4S/c1-10(2)3-6-14-11(15)8-19(18)9-13(4-5-13)7-12(16)17/h10H,3-9H2,1-2H3,(H,14,15)(H,16,17). The molecule has 1 saturated carbocycles. The summed E-state index contributed by atoms with van der Waals surface area (Å²) in [4.78, 5) is 22.2. The molecule has 1 fully saturated rings. The van der Waals surface area contributed by atoms with E-state index in [4.69, 9.17) is 5.11 Å². The maximum atomic E-state index is 11.8. The second kappa shape index (κ2) is 7.03. The zero-order valence-corrected chi connectivity index (χ0v) is 12.4. The molecule has 1 aliphatic rings. The van der Waals surface area contributed by atoms with Crippen molar-refractivity contribution in [2.75, 3.05) is 18.1 Å². The molecule has 1 rings (SSSR count). The zero-order valence-electron chi connectivity index (χ0n) is 11.6. The molecule has 2 N–H and O–H groups in total. The Morgan fingerprint density at radius 3 is 2.47 bits per heavy atom. The number of nitrogens with one attached hydrogen (secondary N) is 1. The van der Waals surface area contributed by atoms with Gasteiger partial charge in [0.05, 0.1) is 6.42 Å². The summed E-state index contributed by atoms with van der Waals surface area (Å²) in [7, 11) is -1.26. The molecule has 0 aliphatic heterocycles. The first-order valence-corrected chi connectivity index (χ1v) is 8.15. The van der Waals surface area contributed by atoms with Crippen molar-refractivity contribution in [2.45, 2.75) is 39.5 Å². The van der Waals surface area contributed by atoms with Crippen molar-refractivity contribution in [1.82, 2.24) is 5.32 Å². The highest BCUT2D eigenvalue weighted by atomic mass is 32.2. The summed E-state index contributed by atoms with van der Waals surface area (Å²) in [5.41, 5.74) is -0.311. The van der Waals surface area contributed by atoms with E-state index < -0.39 is 16.8 Å². The molecule has 0 aromatic carbocycles. The van der Waals surface area contributed by atoms with Crippen LogP contribution in [0.25, 0.3) is 0 Å². The summed E-state index contributed by atoms with van der Waals surface area (Å²) in [6.45, 7) is 4.76. The summed E-state index contributed by atoms with van der Waals surface area (Å²) in [5.74, 6) is -0.215. The Kier molecular flexibility index (Phi) is 5.97. The van der Waals surface area contributed by atoms with Crippen molar-refractivity contribution in [3.8, 4) is 0 Å². The molecule has 0 radical (unpaired) electrons. The highest BCUT2D eigenvalue weighted by Gasteiger charge is 2.45. The molecular formula is C13H23NO4S. The predicted molar refractivity (Wildman–Crippen MR) is 74.3 cm³/mol. The van der Waals surface area contributed by atoms with Crippen LogP contribution >= 0.6 is 0 Å². The summed E-state index contributed by atoms with van der Waals surface area (Å²) in [6.07, 6.45) is 2.58. The van der Waals surface area contributed by atoms with Crippen molar-refractivity contribution in [2.24, 2.45) is 11.3 Å². The van der Waals surface area contributed by atoms with E-state index in [1.807, 2.05) is 0 Å². The second-order valence-corrected chi connectivity index (χ2v) is 7.29. The summed E-state index contributed by atoms with van der Waals surface area (Å²) in [6, 6.07) is 0. The Morgan fingerprint density at radius 1 is 1.37 bits per heavy atom. The molecule has 0 bridgehead atoms. The average molecular weight is 289 g/mol. The first-order valence-electron chi connectivity index (χ1n) is 6.66. The van der Waals surface area contributed by atoms with Crippen molar-refractivity contribution in [3.63, 3.8) is 0 Å². The lowest BCUT2D eigenvalue weighted by Gasteiger charge is -2.12. The van der Waals surface area contributed by atoms with Gasteiger partial charge in [-0.05, 0) is 30.6 Å². The SMILES string of the molecule is CC(C)CCNC(=O)CS(=O)CC1(CC(=O)O)CC1. The second-order valence-electron chi connectivity index (χ2n) is 5.83. The lowest BCUT2D eigenvalue weighted by Crippen LogP contribution is -2.31. The van der Waals surface area contributed by atoms with Crippen LogP contribution in [0.1, 0.15) is 39.5 Å². The topological polar surface area (TPSA) is 83.5 Å². The minimum Gasteiger partial charge on any atom is -0.481 e. The van der Waals surface area contributed by atoms with Gasteiger partial charge in [-0.2, -0.15) is 0 Å². The predicted octanol–water partition coefficient (Wildman–Crippen LogP) is 1.15. The van der Waals surface area contributed by atoms with Gasteiger partial charge in [0.2, 0.25) is 5.91 Å². The maximum absolute atomic E-state index is 11.8. The molecular weight excluding hydrogens is 266 g/mol. The van der Waals surface area contributed by atoms with Crippen LogP contribution in [0.5, 0.6) is 0 Å². The van der Waals surface area contributed by atoms with Crippen LogP contribution in [-0.4, -0.2) is 39.2 Å². The number of hydrogen-bond donors (Lipinski definition) is 2. The molecule has 0 spiro atoms. The molecule has 5 nitrogen and oxygen atoms in total. The third kappa shape index (κ3) is 6.71. The number of rotatable bonds is 9. The first kappa shape index (κ1) is 16.1. The summed E-state index contributed by atoms with van der Waals surface area (Å²) < 4.78 is 11.8. The van der Waals surface area contributed by atoms with Crippen LogP contribution in [0.2, 0.25) is 0 Å². The van der Waals surface area contributed by atoms with Gasteiger partial charge in [-0.25, -0.2) is 0 Å². The van der Waals surface area contributed by atoms with Crippen LogP contribution in [0, 0.1) is 11.3 Å². The van der Waals surface area contributed by atoms with Crippen LogP contribution < -0.4 is 5.32 Å². The number of carboxylic acids is 1. The van der Waals surface area contributed by atoms with E-state index in [0.29, 0.717) is 18.2 Å². The molecule has 19 heavy (non-hydrogen) atoms. The van der Waals surface area contributed by atoms with Gasteiger partial charge >= 0.3 is 5.97 Å². The Morgan fingerprint density at radius 2 is 2.00 bits per heavy atom. The molecule has 1 aliphatic carbocycles. The molecule has 1 unspecified atom stereocenters. The zero-order chi connectivity index (χ0) is 14.5. The van der Waals surface area contributed by atoms with Crippen LogP contribution in [0.15, 0.2) is 0 Å². The van der Waals surface area contributed by atoms with E-state index in [-0.39, 0.29) is 23.5 Å². The number of hydrogen-bond acceptors (Lipinski definition) is 3. The van der Waals surface area contributed by atoms with Gasteiger partial charge in [0.15, 0.2) is 0 Å². The largest absolute Gasteiger partial charge is 0.481 e. The summed E-state index contributed by atoms with van der Waals surface area (Å²) >= 11 is 0. The van der Waals surface area contributed by atoms with Gasteiger partial charge in [-0.3, -0.25) is 13.8 Å². The minimum atomic E-state index is -1.26. The fourth-order valence-corrected chi connectivity index (χ4v) is 3.53. The number of amides is 1. The van der Waals surface area contributed by atoms with Crippen LogP contribution in [0.4, 0.5) is 0 Å². The highest BCUT2D eigenvalue weighted by molar-refractivity contribution is 7.85. The quantitative estimate of drug-likeness (QED) is 0.667. The van der Waals surface area contributed by atoms with Gasteiger partial charge in [-0.1, -0.05) is 13.8 Å². The molecule has 0 saturated heterocycles. The fourth-order valence-electron chi connectivity index (χ4n) is 1.96. The smallest absolute Gasteiger partial charge is 0.303 e. The van der Waals surface area contributed by atoms with Crippen LogP contribution in [-0.2, 0) is 20.4 Å². The average Bonchev–Trinajstić information content (AvgIpc) is 2.94. The van der Waals surface area contributed by atoms with E-state index in [0.717, 1.165) is 19.3 Å². The van der Waals surface area contributed by atoms with Gasteiger partial charge < -0.3 is 10.4 Å². The van der Waals surface area contributed by atoms with Crippen molar-refractivity contribution in [1.29, 1.82) is 0 Å². The van der Waals surface area contributed by atoms with Crippen molar-refractivity contribution in [3.05, 3.63) is 0 Å². The molecule has 0 aromatic heterocycles. The third-order valence-corrected chi connectivity index (χ3v) is 4.80. The van der Waals surface area contributed by atoms with E-state index in [2.05, 4.69) is 19.2 Å². The maximum Gasteiger partial charge on any atom is 0.303 e. The van der Waals surface area contributed by atoms with Crippen molar-refractivity contribution >= 4 is 22.7 Å². The molecule has 110 valence electrons. The number of carbonyl (C=O) groups is 2. The van der Waals surface area contributed by atoms with E-state index in [1.165, 1.54) is 0 Å². The molecule has 1 amide bonds. The fraction of sp³-hybridized carbons (Fsp3) is 0.846. The Balaban J connectivity index is 2.24. The van der Waals surface area contributed by atoms with Crippen molar-refractivity contribution < 1.29 is 18.9 Å². The van der Waals surface area contributed by atoms with E-state index >= 15 is 0 Å². The van der Waals surface area contributed by atoms with Gasteiger partial charge in [-0.15, -0.1) is 0 Å². The van der Waals surface area contributed by atoms with E-state index in [1.54, 1.807) is 0 Å². The number of aliphatic carboxylic acids is 1. The lowest BCUT2D eigenvalue weighted by molar-refractivity contribution is -0.138. The number of carboxylic acid groups (broad SMARTS) is 1. The Labute approximate surface area is 116 Å². The van der Waals surface area contributed by atoms with Gasteiger partial charge in [0.25, 0.3) is 0 Å². The molecule has 0 heterocycles. The highest BCUT2D eigenvalue weighted by Crippen LogP contribution is 2.49. The lowest BCUT2D eigenvalue weighted by atomic mass is 10.1.